The van der Waals surface area contributed by atoms with Crippen molar-refractivity contribution in [1.29, 1.82) is 0 Å². The Kier molecular flexibility index (Phi) is 3.20. The topological polar surface area (TPSA) is 67.5 Å². The van der Waals surface area contributed by atoms with E-state index >= 15 is 0 Å². The molecule has 0 saturated heterocycles. The van der Waals surface area contributed by atoms with Crippen molar-refractivity contribution in [3.05, 3.63) is 29.3 Å². The van der Waals surface area contributed by atoms with Crippen LogP contribution in [-0.4, -0.2) is 24.5 Å². The number of fused-ring (bicyclic) bond motifs is 1. The molecular weight excluding hydrogens is 192 g/mol. The lowest BCUT2D eigenvalue weighted by atomic mass is 10.1. The van der Waals surface area contributed by atoms with E-state index in [1.165, 1.54) is 5.56 Å². The lowest BCUT2D eigenvalue weighted by Crippen LogP contribution is -2.22. The molecule has 0 spiro atoms. The third-order valence-electron chi connectivity index (χ3n) is 2.46. The zero-order chi connectivity index (χ0) is 10.7. The van der Waals surface area contributed by atoms with E-state index < -0.39 is 6.23 Å². The van der Waals surface area contributed by atoms with Gasteiger partial charge in [0, 0.05) is 11.3 Å². The predicted octanol–water partition coefficient (Wildman–Crippen LogP) is 0.448. The molecule has 0 saturated carbocycles. The van der Waals surface area contributed by atoms with Crippen LogP contribution in [0.15, 0.2) is 18.2 Å². The van der Waals surface area contributed by atoms with Gasteiger partial charge in [-0.2, -0.15) is 0 Å². The molecule has 1 unspecified atom stereocenters. The second-order valence-electron chi connectivity index (χ2n) is 3.71. The number of anilines is 1. The highest BCUT2D eigenvalue weighted by Crippen LogP contribution is 2.21. The molecular formula is C11H16N2O2. The maximum atomic E-state index is 9.45. The molecule has 1 aromatic carbocycles. The molecule has 4 heteroatoms. The molecule has 1 aromatic rings. The summed E-state index contributed by atoms with van der Waals surface area (Å²) in [4.78, 5) is 0. The number of aliphatic hydroxyl groups is 1. The van der Waals surface area contributed by atoms with Gasteiger partial charge in [-0.05, 0) is 24.6 Å². The van der Waals surface area contributed by atoms with Gasteiger partial charge in [-0.15, -0.1) is 0 Å². The van der Waals surface area contributed by atoms with Crippen LogP contribution < -0.4 is 11.1 Å². The van der Waals surface area contributed by atoms with Crippen molar-refractivity contribution in [2.75, 3.05) is 18.5 Å². The summed E-state index contributed by atoms with van der Waals surface area (Å²) in [5.74, 6) is 0. The monoisotopic (exact) mass is 208 g/mol. The second kappa shape index (κ2) is 4.61. The van der Waals surface area contributed by atoms with Crippen LogP contribution in [0.3, 0.4) is 0 Å². The van der Waals surface area contributed by atoms with E-state index in [4.69, 9.17) is 10.5 Å². The quantitative estimate of drug-likeness (QED) is 0.660. The SMILES string of the molecule is NCCc1ccc2c(c1)COCC(O)N2. The molecule has 15 heavy (non-hydrogen) atoms. The third-order valence-corrected chi connectivity index (χ3v) is 2.46. The average molecular weight is 208 g/mol. The molecule has 1 aliphatic rings. The second-order valence-corrected chi connectivity index (χ2v) is 3.71. The van der Waals surface area contributed by atoms with Gasteiger partial charge in [0.15, 0.2) is 0 Å². The molecule has 1 aliphatic heterocycles. The number of rotatable bonds is 2. The summed E-state index contributed by atoms with van der Waals surface area (Å²) in [6.45, 7) is 1.51. The van der Waals surface area contributed by atoms with Crippen LogP contribution in [0, 0.1) is 0 Å². The van der Waals surface area contributed by atoms with Crippen molar-refractivity contribution in [2.45, 2.75) is 19.3 Å². The van der Waals surface area contributed by atoms with Crippen LogP contribution in [0.4, 0.5) is 5.69 Å². The Hall–Kier alpha value is -1.10. The minimum atomic E-state index is -0.619. The number of hydrogen-bond acceptors (Lipinski definition) is 4. The smallest absolute Gasteiger partial charge is 0.148 e. The van der Waals surface area contributed by atoms with E-state index in [1.807, 2.05) is 12.1 Å². The molecule has 1 heterocycles. The lowest BCUT2D eigenvalue weighted by molar-refractivity contribution is 0.0476. The molecule has 4 nitrogen and oxygen atoms in total. The first kappa shape index (κ1) is 10.4. The predicted molar refractivity (Wildman–Crippen MR) is 58.5 cm³/mol. The number of benzene rings is 1. The van der Waals surface area contributed by atoms with Crippen LogP contribution in [0.25, 0.3) is 0 Å². The highest BCUT2D eigenvalue weighted by molar-refractivity contribution is 5.53. The van der Waals surface area contributed by atoms with Gasteiger partial charge in [0.25, 0.3) is 0 Å². The zero-order valence-electron chi connectivity index (χ0n) is 8.57. The zero-order valence-corrected chi connectivity index (χ0v) is 8.57. The Labute approximate surface area is 89.0 Å². The summed E-state index contributed by atoms with van der Waals surface area (Å²) >= 11 is 0. The van der Waals surface area contributed by atoms with Crippen molar-refractivity contribution in [1.82, 2.24) is 0 Å². The van der Waals surface area contributed by atoms with Gasteiger partial charge in [-0.3, -0.25) is 0 Å². The molecule has 0 amide bonds. The van der Waals surface area contributed by atoms with Crippen molar-refractivity contribution in [2.24, 2.45) is 5.73 Å². The Bertz CT molecular complexity index is 341. The van der Waals surface area contributed by atoms with E-state index in [0.717, 1.165) is 17.7 Å². The normalized spacial score (nSPS) is 20.3. The van der Waals surface area contributed by atoms with Crippen molar-refractivity contribution >= 4 is 5.69 Å². The van der Waals surface area contributed by atoms with Gasteiger partial charge < -0.3 is 20.9 Å². The van der Waals surface area contributed by atoms with Crippen molar-refractivity contribution in [3.8, 4) is 0 Å². The number of nitrogens with one attached hydrogen (secondary N) is 1. The molecule has 0 aromatic heterocycles. The fourth-order valence-corrected chi connectivity index (χ4v) is 1.73. The molecule has 0 aliphatic carbocycles. The van der Waals surface area contributed by atoms with Crippen LogP contribution >= 0.6 is 0 Å². The highest BCUT2D eigenvalue weighted by atomic mass is 16.5. The summed E-state index contributed by atoms with van der Waals surface area (Å²) in [5.41, 5.74) is 8.74. The average Bonchev–Trinajstić information content (AvgIpc) is 2.39. The summed E-state index contributed by atoms with van der Waals surface area (Å²) < 4.78 is 5.32. The van der Waals surface area contributed by atoms with E-state index in [2.05, 4.69) is 11.4 Å². The Morgan fingerprint density at radius 2 is 2.40 bits per heavy atom. The molecule has 0 fully saturated rings. The van der Waals surface area contributed by atoms with Gasteiger partial charge in [0.05, 0.1) is 13.2 Å². The van der Waals surface area contributed by atoms with E-state index in [-0.39, 0.29) is 0 Å². The number of nitrogens with two attached hydrogens (primary N) is 1. The third kappa shape index (κ3) is 2.47. The molecule has 2 rings (SSSR count). The number of hydrogen-bond donors (Lipinski definition) is 3. The Balaban J connectivity index is 2.23. The molecule has 0 bridgehead atoms. The summed E-state index contributed by atoms with van der Waals surface area (Å²) in [5, 5.41) is 12.4. The summed E-state index contributed by atoms with van der Waals surface area (Å²) in [6.07, 6.45) is 0.252. The van der Waals surface area contributed by atoms with Gasteiger partial charge >= 0.3 is 0 Å². The van der Waals surface area contributed by atoms with Crippen LogP contribution in [0.5, 0.6) is 0 Å². The first-order valence-corrected chi connectivity index (χ1v) is 5.14. The first-order chi connectivity index (χ1) is 7.29. The van der Waals surface area contributed by atoms with E-state index in [1.54, 1.807) is 0 Å². The maximum Gasteiger partial charge on any atom is 0.148 e. The lowest BCUT2D eigenvalue weighted by Gasteiger charge is -2.11. The van der Waals surface area contributed by atoms with Crippen LogP contribution in [-0.2, 0) is 17.8 Å². The van der Waals surface area contributed by atoms with Gasteiger partial charge in [0.1, 0.15) is 6.23 Å². The van der Waals surface area contributed by atoms with Crippen LogP contribution in [0.2, 0.25) is 0 Å². The number of ether oxygens (including phenoxy) is 1. The fourth-order valence-electron chi connectivity index (χ4n) is 1.73. The van der Waals surface area contributed by atoms with E-state index in [9.17, 15) is 5.11 Å². The molecule has 82 valence electrons. The van der Waals surface area contributed by atoms with Crippen LogP contribution in [0.1, 0.15) is 11.1 Å². The maximum absolute atomic E-state index is 9.45. The minimum absolute atomic E-state index is 0.320. The highest BCUT2D eigenvalue weighted by Gasteiger charge is 2.13. The minimum Gasteiger partial charge on any atom is -0.372 e. The fraction of sp³-hybridized carbons (Fsp3) is 0.455. The summed E-state index contributed by atoms with van der Waals surface area (Å²) in [7, 11) is 0. The Morgan fingerprint density at radius 3 is 3.20 bits per heavy atom. The molecule has 0 radical (unpaired) electrons. The number of aliphatic hydroxyl groups excluding tert-OH is 1. The standard InChI is InChI=1S/C11H16N2O2/c12-4-3-8-1-2-10-9(5-8)6-15-7-11(14)13-10/h1-2,5,11,13-14H,3-4,6-7,12H2. The van der Waals surface area contributed by atoms with Gasteiger partial charge in [-0.1, -0.05) is 12.1 Å². The Morgan fingerprint density at radius 1 is 1.53 bits per heavy atom. The summed E-state index contributed by atoms with van der Waals surface area (Å²) in [6, 6.07) is 6.07. The molecule has 4 N–H and O–H groups in total. The van der Waals surface area contributed by atoms with E-state index in [0.29, 0.717) is 19.8 Å². The van der Waals surface area contributed by atoms with Crippen molar-refractivity contribution < 1.29 is 9.84 Å². The molecule has 1 atom stereocenters. The largest absolute Gasteiger partial charge is 0.372 e. The first-order valence-electron chi connectivity index (χ1n) is 5.14. The van der Waals surface area contributed by atoms with Gasteiger partial charge in [-0.25, -0.2) is 0 Å². The van der Waals surface area contributed by atoms with Gasteiger partial charge in [0.2, 0.25) is 0 Å². The van der Waals surface area contributed by atoms with Crippen molar-refractivity contribution in [3.63, 3.8) is 0 Å².